The molecule has 2 aliphatic heterocycles. The molecule has 3 heterocycles. The van der Waals surface area contributed by atoms with Crippen molar-refractivity contribution in [2.45, 2.75) is 31.7 Å². The summed E-state index contributed by atoms with van der Waals surface area (Å²) in [5.74, 6) is -1.08. The summed E-state index contributed by atoms with van der Waals surface area (Å²) in [6.45, 7) is 1.34. The predicted molar refractivity (Wildman–Crippen MR) is 130 cm³/mol. The first-order chi connectivity index (χ1) is 15.6. The van der Waals surface area contributed by atoms with E-state index in [1.165, 1.54) is 17.7 Å². The van der Waals surface area contributed by atoms with Crippen LogP contribution in [0.3, 0.4) is 0 Å². The van der Waals surface area contributed by atoms with Gasteiger partial charge in [-0.25, -0.2) is 4.79 Å². The predicted octanol–water partition coefficient (Wildman–Crippen LogP) is 4.16. The molecule has 15 heteroatoms. The molecule has 0 saturated carbocycles. The largest absolute Gasteiger partial charge is 0.352 e. The van der Waals surface area contributed by atoms with Gasteiger partial charge in [-0.3, -0.25) is 28.8 Å². The number of carbonyl (C=O) groups excluding carboxylic acids is 2. The number of H-pyrrole nitrogens is 1. The van der Waals surface area contributed by atoms with Gasteiger partial charge in [0.15, 0.2) is 0 Å². The van der Waals surface area contributed by atoms with E-state index in [0.717, 1.165) is 4.90 Å². The number of nitrogens with zero attached hydrogens (tertiary/aromatic N) is 5. The average Bonchev–Trinajstić information content (AvgIpc) is 3.27. The Morgan fingerprint density at radius 1 is 1.09 bits per heavy atom. The third-order valence-electron chi connectivity index (χ3n) is 5.41. The van der Waals surface area contributed by atoms with Crippen LogP contribution in [0.5, 0.6) is 0 Å². The molecule has 1 fully saturated rings. The third-order valence-corrected chi connectivity index (χ3v) is 10.2. The maximum absolute atomic E-state index is 13.1. The van der Waals surface area contributed by atoms with Crippen molar-refractivity contribution in [3.8, 4) is 0 Å². The number of benzene rings is 1. The number of hydrogen-bond donors (Lipinski definition) is 1. The molecule has 1 N–H and O–H groups in total. The minimum atomic E-state index is -0.864. The van der Waals surface area contributed by atoms with Crippen LogP contribution in [0.25, 0.3) is 10.4 Å². The zero-order valence-corrected chi connectivity index (χ0v) is 22.9. The summed E-state index contributed by atoms with van der Waals surface area (Å²) in [7, 11) is 0. The monoisotopic (exact) mass is 708 g/mol. The van der Waals surface area contributed by atoms with Gasteiger partial charge in [0.25, 0.3) is 17.4 Å². The first kappa shape index (κ1) is 24.4. The van der Waals surface area contributed by atoms with Gasteiger partial charge in [0, 0.05) is 41.0 Å². The maximum Gasteiger partial charge on any atom is 0.330 e. The summed E-state index contributed by atoms with van der Waals surface area (Å²) >= 11 is 13.5. The van der Waals surface area contributed by atoms with E-state index in [1.54, 1.807) is 0 Å². The Morgan fingerprint density at radius 3 is 2.21 bits per heavy atom. The number of rotatable bonds is 4. The summed E-state index contributed by atoms with van der Waals surface area (Å²) in [6, 6.07) is -0.756. The van der Waals surface area contributed by atoms with Crippen LogP contribution >= 0.6 is 63.7 Å². The van der Waals surface area contributed by atoms with Crippen LogP contribution in [-0.4, -0.2) is 45.0 Å². The van der Waals surface area contributed by atoms with Crippen molar-refractivity contribution in [1.29, 1.82) is 0 Å². The summed E-state index contributed by atoms with van der Waals surface area (Å²) in [5.41, 5.74) is 8.46. The molecule has 2 aromatic rings. The number of fused-ring (bicyclic) bond motifs is 1. The summed E-state index contributed by atoms with van der Waals surface area (Å²) in [6.07, 6.45) is -0.248. The molecule has 2 aliphatic rings. The van der Waals surface area contributed by atoms with Gasteiger partial charge in [0.1, 0.15) is 6.23 Å². The molecule has 0 radical (unpaired) electrons. The van der Waals surface area contributed by atoms with Gasteiger partial charge in [-0.15, -0.1) is 0 Å². The van der Waals surface area contributed by atoms with Crippen LogP contribution in [0, 0.1) is 6.92 Å². The van der Waals surface area contributed by atoms with E-state index in [4.69, 9.17) is 10.3 Å². The molecule has 3 atom stereocenters. The molecular weight excluding hydrogens is 700 g/mol. The minimum Gasteiger partial charge on any atom is -0.352 e. The molecule has 33 heavy (non-hydrogen) atoms. The van der Waals surface area contributed by atoms with Gasteiger partial charge in [0.2, 0.25) is 0 Å². The first-order valence-electron chi connectivity index (χ1n) is 9.30. The van der Waals surface area contributed by atoms with Crippen LogP contribution in [0.2, 0.25) is 0 Å². The van der Waals surface area contributed by atoms with Crippen molar-refractivity contribution >= 4 is 75.5 Å². The van der Waals surface area contributed by atoms with Crippen molar-refractivity contribution in [2.24, 2.45) is 5.11 Å². The molecule has 0 spiro atoms. The number of amides is 2. The number of ether oxygens (including phenoxy) is 1. The highest BCUT2D eigenvalue weighted by Crippen LogP contribution is 2.45. The van der Waals surface area contributed by atoms with E-state index in [0.29, 0.717) is 23.5 Å². The molecule has 1 aromatic heterocycles. The SMILES string of the molecule is Cc1cn([C@H]2C[C@H](N=[N+]=[N-])[C@@H](CN3C(=O)c4c(Br)c(Br)c(Br)c(Br)c4C3=O)O2)c(=O)[nH]c1=O. The van der Waals surface area contributed by atoms with Gasteiger partial charge in [-0.1, -0.05) is 5.11 Å². The normalized spacial score (nSPS) is 22.0. The smallest absolute Gasteiger partial charge is 0.330 e. The molecule has 2 amide bonds. The Bertz CT molecular complexity index is 1330. The van der Waals surface area contributed by atoms with Gasteiger partial charge in [-0.2, -0.15) is 0 Å². The molecule has 0 unspecified atom stereocenters. The fourth-order valence-electron chi connectivity index (χ4n) is 3.78. The summed E-state index contributed by atoms with van der Waals surface area (Å²) in [5, 5.41) is 3.74. The third kappa shape index (κ3) is 4.04. The number of halogens is 4. The average molecular weight is 712 g/mol. The van der Waals surface area contributed by atoms with E-state index in [1.807, 2.05) is 0 Å². The van der Waals surface area contributed by atoms with Crippen molar-refractivity contribution in [3.63, 3.8) is 0 Å². The standard InChI is InChI=1S/C18H12Br4N6O5/c1-5-3-27(18(32)24-15(5)29)8-2-6(25-26-23)7(33-8)4-28-16(30)9-10(17(28)31)12(20)14(22)13(21)11(9)19/h3,6-8H,2,4H2,1H3,(H,24,29,32)/t6-,7+,8+/m0/s1. The van der Waals surface area contributed by atoms with Crippen molar-refractivity contribution in [2.75, 3.05) is 6.54 Å². The number of nitrogens with one attached hydrogen (secondary N) is 1. The lowest BCUT2D eigenvalue weighted by Gasteiger charge is -2.22. The zero-order valence-electron chi connectivity index (χ0n) is 16.5. The highest BCUT2D eigenvalue weighted by atomic mass is 79.9. The van der Waals surface area contributed by atoms with Crippen LogP contribution in [0.4, 0.5) is 0 Å². The van der Waals surface area contributed by atoms with Crippen LogP contribution < -0.4 is 11.2 Å². The molecular formula is C18H12Br4N6O5. The van der Waals surface area contributed by atoms with E-state index >= 15 is 0 Å². The Hall–Kier alpha value is -1.77. The maximum atomic E-state index is 13.1. The molecule has 0 aliphatic carbocycles. The lowest BCUT2D eigenvalue weighted by atomic mass is 10.1. The fourth-order valence-corrected chi connectivity index (χ4v) is 6.24. The van der Waals surface area contributed by atoms with E-state index < -0.39 is 41.4 Å². The molecule has 1 saturated heterocycles. The highest BCUT2D eigenvalue weighted by Gasteiger charge is 2.45. The quantitative estimate of drug-likeness (QED) is 0.126. The number of aromatic amines is 1. The van der Waals surface area contributed by atoms with E-state index in [2.05, 4.69) is 78.7 Å². The number of imide groups is 1. The topological polar surface area (TPSA) is 150 Å². The first-order valence-corrected chi connectivity index (χ1v) is 12.5. The van der Waals surface area contributed by atoms with Crippen LogP contribution in [0.1, 0.15) is 38.9 Å². The van der Waals surface area contributed by atoms with Crippen LogP contribution in [-0.2, 0) is 4.74 Å². The van der Waals surface area contributed by atoms with Crippen molar-refractivity contribution in [3.05, 3.63) is 72.1 Å². The van der Waals surface area contributed by atoms with E-state index in [9.17, 15) is 19.2 Å². The zero-order chi connectivity index (χ0) is 24.2. The Morgan fingerprint density at radius 2 is 1.67 bits per heavy atom. The number of hydrogen-bond acceptors (Lipinski definition) is 6. The Labute approximate surface area is 218 Å². The second-order valence-electron chi connectivity index (χ2n) is 7.34. The summed E-state index contributed by atoms with van der Waals surface area (Å²) in [4.78, 5) is 56.3. The number of aromatic nitrogens is 2. The van der Waals surface area contributed by atoms with Gasteiger partial charge in [-0.05, 0) is 76.2 Å². The molecule has 4 rings (SSSR count). The van der Waals surface area contributed by atoms with Gasteiger partial charge < -0.3 is 4.74 Å². The summed E-state index contributed by atoms with van der Waals surface area (Å²) < 4.78 is 9.10. The fraction of sp³-hybridized carbons (Fsp3) is 0.333. The highest BCUT2D eigenvalue weighted by molar-refractivity contribution is 9.15. The Balaban J connectivity index is 1.67. The molecule has 1 aromatic carbocycles. The van der Waals surface area contributed by atoms with Gasteiger partial charge >= 0.3 is 5.69 Å². The van der Waals surface area contributed by atoms with Gasteiger partial charge in [0.05, 0.1) is 29.8 Å². The molecule has 0 bridgehead atoms. The van der Waals surface area contributed by atoms with Crippen LogP contribution in [0.15, 0.2) is 38.8 Å². The number of aryl methyl sites for hydroxylation is 1. The second kappa shape index (κ2) is 9.12. The minimum absolute atomic E-state index is 0.119. The lowest BCUT2D eigenvalue weighted by molar-refractivity contribution is -0.0138. The van der Waals surface area contributed by atoms with Crippen molar-refractivity contribution in [1.82, 2.24) is 14.5 Å². The number of carbonyl (C=O) groups is 2. The molecule has 172 valence electrons. The van der Waals surface area contributed by atoms with Crippen molar-refractivity contribution < 1.29 is 14.3 Å². The lowest BCUT2D eigenvalue weighted by Crippen LogP contribution is -2.40. The van der Waals surface area contributed by atoms with E-state index in [-0.39, 0.29) is 24.1 Å². The Kier molecular flexibility index (Phi) is 6.73. The number of azide groups is 1. The second-order valence-corrected chi connectivity index (χ2v) is 10.5. The molecule has 11 nitrogen and oxygen atoms in total.